The molecular formula is C19H26F3N5. The number of alkyl halides is 3. The molecule has 0 saturated carbocycles. The fourth-order valence-corrected chi connectivity index (χ4v) is 2.76. The SMILES string of the molecule is CCCC(C)c1cc(Nc2cc(C(F)(F)F)ccn2)nc(N(C)CCC)n1. The molecule has 2 aromatic heterocycles. The molecule has 0 radical (unpaired) electrons. The molecule has 0 saturated heterocycles. The molecule has 0 aliphatic heterocycles. The van der Waals surface area contributed by atoms with Gasteiger partial charge in [0.2, 0.25) is 5.95 Å². The fraction of sp³-hybridized carbons (Fsp3) is 0.526. The lowest BCUT2D eigenvalue weighted by Gasteiger charge is -2.20. The van der Waals surface area contributed by atoms with Crippen LogP contribution in [0.3, 0.4) is 0 Å². The summed E-state index contributed by atoms with van der Waals surface area (Å²) in [5, 5.41) is 2.90. The number of pyridine rings is 1. The van der Waals surface area contributed by atoms with Crippen molar-refractivity contribution in [2.45, 2.75) is 52.1 Å². The molecule has 0 spiro atoms. The van der Waals surface area contributed by atoms with Crippen molar-refractivity contribution in [2.24, 2.45) is 0 Å². The van der Waals surface area contributed by atoms with Crippen LogP contribution in [0.25, 0.3) is 0 Å². The zero-order valence-electron chi connectivity index (χ0n) is 16.1. The third-order valence-electron chi connectivity index (χ3n) is 4.20. The van der Waals surface area contributed by atoms with Gasteiger partial charge in [-0.3, -0.25) is 0 Å². The molecule has 148 valence electrons. The maximum Gasteiger partial charge on any atom is 0.416 e. The van der Waals surface area contributed by atoms with Gasteiger partial charge in [-0.15, -0.1) is 0 Å². The van der Waals surface area contributed by atoms with Gasteiger partial charge in [0.05, 0.1) is 11.3 Å². The number of anilines is 3. The maximum absolute atomic E-state index is 12.9. The number of nitrogens with one attached hydrogen (secondary N) is 1. The second-order valence-electron chi connectivity index (χ2n) is 6.64. The second kappa shape index (κ2) is 9.01. The highest BCUT2D eigenvalue weighted by Crippen LogP contribution is 2.31. The minimum absolute atomic E-state index is 0.0988. The summed E-state index contributed by atoms with van der Waals surface area (Å²) in [6.07, 6.45) is -0.361. The van der Waals surface area contributed by atoms with Crippen molar-refractivity contribution >= 4 is 17.6 Å². The van der Waals surface area contributed by atoms with Gasteiger partial charge in [0.1, 0.15) is 11.6 Å². The van der Waals surface area contributed by atoms with Gasteiger partial charge < -0.3 is 10.2 Å². The van der Waals surface area contributed by atoms with Crippen LogP contribution in [0.1, 0.15) is 57.2 Å². The van der Waals surface area contributed by atoms with E-state index in [1.54, 1.807) is 6.07 Å². The van der Waals surface area contributed by atoms with E-state index in [1.807, 2.05) is 11.9 Å². The van der Waals surface area contributed by atoms with Crippen LogP contribution in [0.4, 0.5) is 30.8 Å². The van der Waals surface area contributed by atoms with Gasteiger partial charge in [-0.05, 0) is 30.9 Å². The molecule has 0 aliphatic rings. The van der Waals surface area contributed by atoms with Crippen LogP contribution in [-0.2, 0) is 6.18 Å². The van der Waals surface area contributed by atoms with Crippen molar-refractivity contribution in [1.82, 2.24) is 15.0 Å². The summed E-state index contributed by atoms with van der Waals surface area (Å²) in [6.45, 7) is 7.04. The Labute approximate surface area is 158 Å². The zero-order chi connectivity index (χ0) is 20.0. The Kier molecular flexibility index (Phi) is 6.98. The molecule has 1 atom stereocenters. The topological polar surface area (TPSA) is 53.9 Å². The molecule has 0 aromatic carbocycles. The van der Waals surface area contributed by atoms with E-state index in [4.69, 9.17) is 0 Å². The van der Waals surface area contributed by atoms with Crippen LogP contribution in [-0.4, -0.2) is 28.5 Å². The normalized spacial score (nSPS) is 12.7. The van der Waals surface area contributed by atoms with Crippen LogP contribution >= 0.6 is 0 Å². The Morgan fingerprint density at radius 3 is 2.48 bits per heavy atom. The minimum Gasteiger partial charge on any atom is -0.344 e. The van der Waals surface area contributed by atoms with Gasteiger partial charge in [0.15, 0.2) is 0 Å². The van der Waals surface area contributed by atoms with Crippen LogP contribution in [0.2, 0.25) is 0 Å². The monoisotopic (exact) mass is 381 g/mol. The Balaban J connectivity index is 2.37. The lowest BCUT2D eigenvalue weighted by atomic mass is 10.0. The molecule has 27 heavy (non-hydrogen) atoms. The predicted octanol–water partition coefficient (Wildman–Crippen LogP) is 5.38. The number of halogens is 3. The molecule has 1 N–H and O–H groups in total. The summed E-state index contributed by atoms with van der Waals surface area (Å²) in [5.41, 5.74) is 0.108. The smallest absolute Gasteiger partial charge is 0.344 e. The zero-order valence-corrected chi connectivity index (χ0v) is 16.1. The van der Waals surface area contributed by atoms with E-state index in [2.05, 4.69) is 41.0 Å². The van der Waals surface area contributed by atoms with E-state index in [9.17, 15) is 13.2 Å². The van der Waals surface area contributed by atoms with Crippen molar-refractivity contribution in [3.05, 3.63) is 35.7 Å². The van der Waals surface area contributed by atoms with Crippen LogP contribution in [0.15, 0.2) is 24.4 Å². The van der Waals surface area contributed by atoms with Crippen molar-refractivity contribution in [3.63, 3.8) is 0 Å². The van der Waals surface area contributed by atoms with Crippen LogP contribution in [0, 0.1) is 0 Å². The Morgan fingerprint density at radius 2 is 1.85 bits per heavy atom. The van der Waals surface area contributed by atoms with Gasteiger partial charge >= 0.3 is 6.18 Å². The summed E-state index contributed by atoms with van der Waals surface area (Å²) in [5.74, 6) is 1.31. The quantitative estimate of drug-likeness (QED) is 0.665. The Hall–Kier alpha value is -2.38. The predicted molar refractivity (Wildman–Crippen MR) is 101 cm³/mol. The lowest BCUT2D eigenvalue weighted by molar-refractivity contribution is -0.137. The summed E-state index contributed by atoms with van der Waals surface area (Å²) < 4.78 is 38.8. The molecule has 2 aromatic rings. The van der Waals surface area contributed by atoms with Crippen LogP contribution < -0.4 is 10.2 Å². The second-order valence-corrected chi connectivity index (χ2v) is 6.64. The third kappa shape index (κ3) is 5.80. The summed E-state index contributed by atoms with van der Waals surface area (Å²) in [4.78, 5) is 15.0. The summed E-state index contributed by atoms with van der Waals surface area (Å²) in [7, 11) is 1.90. The first-order valence-electron chi connectivity index (χ1n) is 9.15. The first-order chi connectivity index (χ1) is 12.7. The van der Waals surface area contributed by atoms with E-state index in [0.29, 0.717) is 11.8 Å². The fourth-order valence-electron chi connectivity index (χ4n) is 2.76. The summed E-state index contributed by atoms with van der Waals surface area (Å²) in [6, 6.07) is 3.71. The van der Waals surface area contributed by atoms with Gasteiger partial charge in [-0.25, -0.2) is 9.97 Å². The molecule has 0 aliphatic carbocycles. The molecule has 2 rings (SSSR count). The molecule has 0 amide bonds. The first kappa shape index (κ1) is 20.9. The molecule has 0 fully saturated rings. The average Bonchev–Trinajstić information content (AvgIpc) is 2.61. The average molecular weight is 381 g/mol. The Morgan fingerprint density at radius 1 is 1.11 bits per heavy atom. The molecule has 1 unspecified atom stereocenters. The van der Waals surface area contributed by atoms with E-state index >= 15 is 0 Å². The molecule has 5 nitrogen and oxygen atoms in total. The number of nitrogens with zero attached hydrogens (tertiary/aromatic N) is 4. The maximum atomic E-state index is 12.9. The number of aromatic nitrogens is 3. The standard InChI is InChI=1S/C19H26F3N5/c1-5-7-13(3)15-12-17(26-18(24-15)27(4)10-6-2)25-16-11-14(8-9-23-16)19(20,21)22/h8-9,11-13H,5-7,10H2,1-4H3,(H,23,24,25,26). The first-order valence-corrected chi connectivity index (χ1v) is 9.15. The van der Waals surface area contributed by atoms with Crippen molar-refractivity contribution in [1.29, 1.82) is 0 Å². The highest BCUT2D eigenvalue weighted by atomic mass is 19.4. The molecule has 2 heterocycles. The van der Waals surface area contributed by atoms with Gasteiger partial charge in [0.25, 0.3) is 0 Å². The van der Waals surface area contributed by atoms with Crippen molar-refractivity contribution in [3.8, 4) is 0 Å². The molecule has 0 bridgehead atoms. The third-order valence-corrected chi connectivity index (χ3v) is 4.20. The molecular weight excluding hydrogens is 355 g/mol. The van der Waals surface area contributed by atoms with Gasteiger partial charge in [-0.2, -0.15) is 18.2 Å². The van der Waals surface area contributed by atoms with E-state index in [1.165, 1.54) is 0 Å². The van der Waals surface area contributed by atoms with Crippen molar-refractivity contribution < 1.29 is 13.2 Å². The van der Waals surface area contributed by atoms with Crippen LogP contribution in [0.5, 0.6) is 0 Å². The highest BCUT2D eigenvalue weighted by Gasteiger charge is 2.30. The lowest BCUT2D eigenvalue weighted by Crippen LogP contribution is -2.21. The van der Waals surface area contributed by atoms with E-state index < -0.39 is 11.7 Å². The van der Waals surface area contributed by atoms with Crippen molar-refractivity contribution in [2.75, 3.05) is 23.8 Å². The Bertz CT molecular complexity index is 718. The van der Waals surface area contributed by atoms with E-state index in [-0.39, 0.29) is 11.7 Å². The van der Waals surface area contributed by atoms with Gasteiger partial charge in [0, 0.05) is 25.9 Å². The highest BCUT2D eigenvalue weighted by molar-refractivity contribution is 5.55. The number of rotatable bonds is 8. The minimum atomic E-state index is -4.42. The van der Waals surface area contributed by atoms with Gasteiger partial charge in [-0.1, -0.05) is 27.2 Å². The summed E-state index contributed by atoms with van der Waals surface area (Å²) >= 11 is 0. The number of hydrogen-bond acceptors (Lipinski definition) is 5. The van der Waals surface area contributed by atoms with E-state index in [0.717, 1.165) is 49.8 Å². The molecule has 8 heteroatoms. The largest absolute Gasteiger partial charge is 0.416 e. The number of hydrogen-bond donors (Lipinski definition) is 1.